The van der Waals surface area contributed by atoms with Crippen LogP contribution in [0.2, 0.25) is 0 Å². The minimum Gasteiger partial charge on any atom is -0.497 e. The normalized spacial score (nSPS) is 24.2. The number of rotatable bonds is 3. The van der Waals surface area contributed by atoms with Crippen LogP contribution in [0, 0.1) is 0 Å². The lowest BCUT2D eigenvalue weighted by atomic mass is 9.76. The molecule has 3 heteroatoms. The fourth-order valence-electron chi connectivity index (χ4n) is 4.21. The minimum absolute atomic E-state index is 0.118. The monoisotopic (exact) mass is 335 g/mol. The highest BCUT2D eigenvalue weighted by atomic mass is 16.5. The van der Waals surface area contributed by atoms with Crippen molar-refractivity contribution in [3.05, 3.63) is 65.7 Å². The first kappa shape index (κ1) is 16.2. The van der Waals surface area contributed by atoms with Gasteiger partial charge in [0.1, 0.15) is 5.75 Å². The van der Waals surface area contributed by atoms with E-state index in [0.717, 1.165) is 30.9 Å². The number of nitrogens with zero attached hydrogens (tertiary/aromatic N) is 1. The molecule has 3 nitrogen and oxygen atoms in total. The van der Waals surface area contributed by atoms with Gasteiger partial charge in [0.15, 0.2) is 5.72 Å². The van der Waals surface area contributed by atoms with Crippen molar-refractivity contribution in [3.8, 4) is 5.75 Å². The Hall–Kier alpha value is -2.26. The number of hydrogen-bond acceptors (Lipinski definition) is 3. The highest BCUT2D eigenvalue weighted by molar-refractivity contribution is 5.69. The van der Waals surface area contributed by atoms with E-state index in [1.165, 1.54) is 11.3 Å². The number of benzene rings is 2. The second-order valence-corrected chi connectivity index (χ2v) is 7.30. The van der Waals surface area contributed by atoms with Crippen molar-refractivity contribution in [2.24, 2.45) is 0 Å². The van der Waals surface area contributed by atoms with Gasteiger partial charge in [-0.25, -0.2) is 0 Å². The van der Waals surface area contributed by atoms with E-state index < -0.39 is 5.72 Å². The van der Waals surface area contributed by atoms with Crippen LogP contribution in [-0.2, 0) is 10.2 Å². The van der Waals surface area contributed by atoms with Crippen LogP contribution in [0.5, 0.6) is 5.75 Å². The predicted octanol–water partition coefficient (Wildman–Crippen LogP) is 4.62. The molecule has 0 aromatic heterocycles. The molecule has 0 radical (unpaired) electrons. The summed E-state index contributed by atoms with van der Waals surface area (Å²) < 4.78 is 11.7. The molecule has 2 aliphatic rings. The van der Waals surface area contributed by atoms with Crippen LogP contribution in [0.3, 0.4) is 0 Å². The Labute approximate surface area is 149 Å². The molecule has 2 heterocycles. The SMILES string of the molecule is COc1ccc(/C=C/C23OCCCN2c2ccccc2C3(C)C)cc1. The Morgan fingerprint density at radius 1 is 1.08 bits per heavy atom. The van der Waals surface area contributed by atoms with E-state index in [1.807, 2.05) is 12.1 Å². The van der Waals surface area contributed by atoms with Gasteiger partial charge in [-0.3, -0.25) is 0 Å². The average Bonchev–Trinajstić information content (AvgIpc) is 2.86. The number of hydrogen-bond donors (Lipinski definition) is 0. The second-order valence-electron chi connectivity index (χ2n) is 7.30. The predicted molar refractivity (Wildman–Crippen MR) is 102 cm³/mol. The molecule has 2 aromatic rings. The zero-order chi connectivity index (χ0) is 17.5. The Balaban J connectivity index is 1.76. The first-order valence-corrected chi connectivity index (χ1v) is 8.93. The van der Waals surface area contributed by atoms with Crippen molar-refractivity contribution in [2.75, 3.05) is 25.2 Å². The van der Waals surface area contributed by atoms with Gasteiger partial charge in [-0.2, -0.15) is 0 Å². The van der Waals surface area contributed by atoms with Crippen LogP contribution in [0.15, 0.2) is 54.6 Å². The van der Waals surface area contributed by atoms with Gasteiger partial charge in [0.2, 0.25) is 0 Å². The van der Waals surface area contributed by atoms with Crippen molar-refractivity contribution < 1.29 is 9.47 Å². The molecule has 4 rings (SSSR count). The van der Waals surface area contributed by atoms with E-state index in [0.29, 0.717) is 0 Å². The Morgan fingerprint density at radius 3 is 2.60 bits per heavy atom. The molecule has 0 N–H and O–H groups in total. The molecular formula is C22H25NO2. The summed E-state index contributed by atoms with van der Waals surface area (Å²) >= 11 is 0. The Morgan fingerprint density at radius 2 is 1.84 bits per heavy atom. The molecule has 1 atom stereocenters. The van der Waals surface area contributed by atoms with Gasteiger partial charge < -0.3 is 14.4 Å². The standard InChI is InChI=1S/C22H25NO2/c1-21(2)19-7-4-5-8-20(19)23-15-6-16-25-22(21,23)14-13-17-9-11-18(24-3)12-10-17/h4-5,7-14H,6,15-16H2,1-3H3/b14-13+. The second kappa shape index (κ2) is 5.92. The third kappa shape index (κ3) is 2.37. The summed E-state index contributed by atoms with van der Waals surface area (Å²) in [5, 5.41) is 0. The van der Waals surface area contributed by atoms with Crippen LogP contribution in [-0.4, -0.2) is 26.0 Å². The number of fused-ring (bicyclic) bond motifs is 3. The van der Waals surface area contributed by atoms with Gasteiger partial charge in [0, 0.05) is 17.6 Å². The van der Waals surface area contributed by atoms with Gasteiger partial charge in [-0.1, -0.05) is 50.3 Å². The molecule has 2 aliphatic heterocycles. The fourth-order valence-corrected chi connectivity index (χ4v) is 4.21. The molecule has 2 aromatic carbocycles. The lowest BCUT2D eigenvalue weighted by molar-refractivity contribution is -0.0682. The third-order valence-corrected chi connectivity index (χ3v) is 5.63. The average molecular weight is 335 g/mol. The largest absolute Gasteiger partial charge is 0.497 e. The van der Waals surface area contributed by atoms with Crippen LogP contribution < -0.4 is 9.64 Å². The molecule has 0 amide bonds. The molecule has 130 valence electrons. The van der Waals surface area contributed by atoms with Crippen LogP contribution in [0.25, 0.3) is 6.08 Å². The van der Waals surface area contributed by atoms with E-state index in [2.05, 4.69) is 67.3 Å². The first-order valence-electron chi connectivity index (χ1n) is 8.93. The number of methoxy groups -OCH3 is 1. The molecule has 0 bridgehead atoms. The van der Waals surface area contributed by atoms with Crippen molar-refractivity contribution in [2.45, 2.75) is 31.4 Å². The molecule has 1 unspecified atom stereocenters. The van der Waals surface area contributed by atoms with Gasteiger partial charge >= 0.3 is 0 Å². The van der Waals surface area contributed by atoms with Crippen molar-refractivity contribution in [1.82, 2.24) is 0 Å². The third-order valence-electron chi connectivity index (χ3n) is 5.63. The van der Waals surface area contributed by atoms with E-state index in [-0.39, 0.29) is 5.41 Å². The maximum atomic E-state index is 6.47. The summed E-state index contributed by atoms with van der Waals surface area (Å²) in [5.74, 6) is 0.874. The molecule has 0 spiro atoms. The summed E-state index contributed by atoms with van der Waals surface area (Å²) in [6.45, 7) is 6.39. The number of ether oxygens (including phenoxy) is 2. The molecule has 1 saturated heterocycles. The van der Waals surface area contributed by atoms with E-state index in [1.54, 1.807) is 7.11 Å². The highest BCUT2D eigenvalue weighted by Crippen LogP contribution is 2.54. The van der Waals surface area contributed by atoms with E-state index >= 15 is 0 Å². The summed E-state index contributed by atoms with van der Waals surface area (Å²) in [5.41, 5.74) is 3.25. The summed E-state index contributed by atoms with van der Waals surface area (Å²) in [7, 11) is 1.69. The first-order chi connectivity index (χ1) is 12.1. The van der Waals surface area contributed by atoms with Crippen molar-refractivity contribution in [3.63, 3.8) is 0 Å². The minimum atomic E-state index is -0.436. The fraction of sp³-hybridized carbons (Fsp3) is 0.364. The van der Waals surface area contributed by atoms with Crippen LogP contribution >= 0.6 is 0 Å². The number of anilines is 1. The summed E-state index contributed by atoms with van der Waals surface area (Å²) in [4.78, 5) is 2.44. The van der Waals surface area contributed by atoms with Crippen LogP contribution in [0.1, 0.15) is 31.4 Å². The molecule has 0 saturated carbocycles. The topological polar surface area (TPSA) is 21.7 Å². The van der Waals surface area contributed by atoms with Gasteiger partial charge in [0.05, 0.1) is 13.7 Å². The lowest BCUT2D eigenvalue weighted by Gasteiger charge is -2.48. The maximum Gasteiger partial charge on any atom is 0.169 e. The molecule has 0 aliphatic carbocycles. The van der Waals surface area contributed by atoms with Gasteiger partial charge in [0.25, 0.3) is 0 Å². The summed E-state index contributed by atoms with van der Waals surface area (Å²) in [6.07, 6.45) is 5.47. The molecular weight excluding hydrogens is 310 g/mol. The highest BCUT2D eigenvalue weighted by Gasteiger charge is 2.57. The molecule has 25 heavy (non-hydrogen) atoms. The van der Waals surface area contributed by atoms with Crippen LogP contribution in [0.4, 0.5) is 5.69 Å². The zero-order valence-corrected chi connectivity index (χ0v) is 15.2. The smallest absolute Gasteiger partial charge is 0.169 e. The van der Waals surface area contributed by atoms with E-state index in [9.17, 15) is 0 Å². The quantitative estimate of drug-likeness (QED) is 0.817. The number of para-hydroxylation sites is 1. The summed E-state index contributed by atoms with van der Waals surface area (Å²) in [6, 6.07) is 16.8. The lowest BCUT2D eigenvalue weighted by Crippen LogP contribution is -2.59. The Kier molecular flexibility index (Phi) is 3.84. The van der Waals surface area contributed by atoms with Gasteiger partial charge in [-0.15, -0.1) is 0 Å². The van der Waals surface area contributed by atoms with Gasteiger partial charge in [-0.05, 0) is 41.8 Å². The van der Waals surface area contributed by atoms with Crippen molar-refractivity contribution >= 4 is 11.8 Å². The zero-order valence-electron chi connectivity index (χ0n) is 15.2. The molecule has 1 fully saturated rings. The van der Waals surface area contributed by atoms with Crippen molar-refractivity contribution in [1.29, 1.82) is 0 Å². The maximum absolute atomic E-state index is 6.47. The van der Waals surface area contributed by atoms with E-state index in [4.69, 9.17) is 9.47 Å². The Bertz CT molecular complexity index is 794.